The SMILES string of the molecule is CNc1cccc(C(=O)O)c1C=N. The summed E-state index contributed by atoms with van der Waals surface area (Å²) in [6.07, 6.45) is 1.04. The molecule has 4 heteroatoms. The van der Waals surface area contributed by atoms with Crippen molar-refractivity contribution in [1.29, 1.82) is 5.41 Å². The van der Waals surface area contributed by atoms with E-state index in [1.165, 1.54) is 6.07 Å². The summed E-state index contributed by atoms with van der Waals surface area (Å²) in [5.41, 5.74) is 1.19. The number of nitrogens with one attached hydrogen (secondary N) is 2. The third-order valence-corrected chi connectivity index (χ3v) is 1.75. The molecule has 0 fully saturated rings. The van der Waals surface area contributed by atoms with Crippen LogP contribution < -0.4 is 5.32 Å². The molecule has 1 aromatic rings. The highest BCUT2D eigenvalue weighted by molar-refractivity contribution is 6.01. The highest BCUT2D eigenvalue weighted by atomic mass is 16.4. The van der Waals surface area contributed by atoms with Gasteiger partial charge in [0.05, 0.1) is 5.56 Å². The standard InChI is InChI=1S/C9H10N2O2/c1-11-8-4-2-3-6(9(12)13)7(8)5-10/h2-5,10-11H,1H3,(H,12,13). The Morgan fingerprint density at radius 3 is 2.77 bits per heavy atom. The molecule has 0 heterocycles. The highest BCUT2D eigenvalue weighted by Crippen LogP contribution is 2.17. The van der Waals surface area contributed by atoms with Gasteiger partial charge in [0.1, 0.15) is 0 Å². The fraction of sp³-hybridized carbons (Fsp3) is 0.111. The van der Waals surface area contributed by atoms with Gasteiger partial charge in [0.25, 0.3) is 0 Å². The van der Waals surface area contributed by atoms with Gasteiger partial charge in [-0.25, -0.2) is 4.79 Å². The van der Waals surface area contributed by atoms with Crippen molar-refractivity contribution in [2.24, 2.45) is 0 Å². The van der Waals surface area contributed by atoms with E-state index in [2.05, 4.69) is 5.32 Å². The molecule has 4 nitrogen and oxygen atoms in total. The van der Waals surface area contributed by atoms with E-state index in [9.17, 15) is 4.79 Å². The monoisotopic (exact) mass is 178 g/mol. The zero-order chi connectivity index (χ0) is 9.84. The minimum atomic E-state index is -1.02. The van der Waals surface area contributed by atoms with Crippen LogP contribution in [0.2, 0.25) is 0 Å². The van der Waals surface area contributed by atoms with Crippen molar-refractivity contribution in [2.75, 3.05) is 12.4 Å². The van der Waals surface area contributed by atoms with Crippen LogP contribution in [-0.4, -0.2) is 24.3 Å². The van der Waals surface area contributed by atoms with Gasteiger partial charge in [-0.1, -0.05) is 6.07 Å². The van der Waals surface area contributed by atoms with Gasteiger partial charge in [0.2, 0.25) is 0 Å². The van der Waals surface area contributed by atoms with E-state index in [0.29, 0.717) is 11.3 Å². The summed E-state index contributed by atoms with van der Waals surface area (Å²) in [6, 6.07) is 4.85. The van der Waals surface area contributed by atoms with E-state index < -0.39 is 5.97 Å². The normalized spacial score (nSPS) is 9.31. The van der Waals surface area contributed by atoms with E-state index >= 15 is 0 Å². The summed E-state index contributed by atoms with van der Waals surface area (Å²) < 4.78 is 0. The molecule has 0 saturated heterocycles. The summed E-state index contributed by atoms with van der Waals surface area (Å²) >= 11 is 0. The lowest BCUT2D eigenvalue weighted by atomic mass is 10.1. The topological polar surface area (TPSA) is 73.2 Å². The number of anilines is 1. The molecule has 0 unspecified atom stereocenters. The smallest absolute Gasteiger partial charge is 0.336 e. The van der Waals surface area contributed by atoms with Crippen LogP contribution in [0.3, 0.4) is 0 Å². The zero-order valence-corrected chi connectivity index (χ0v) is 7.16. The molecule has 0 aromatic heterocycles. The molecule has 1 aromatic carbocycles. The average Bonchev–Trinajstić information content (AvgIpc) is 2.16. The van der Waals surface area contributed by atoms with E-state index in [4.69, 9.17) is 10.5 Å². The van der Waals surface area contributed by atoms with Crippen molar-refractivity contribution in [3.05, 3.63) is 29.3 Å². The van der Waals surface area contributed by atoms with Gasteiger partial charge in [-0.15, -0.1) is 0 Å². The van der Waals surface area contributed by atoms with Crippen LogP contribution in [0.15, 0.2) is 18.2 Å². The summed E-state index contributed by atoms with van der Waals surface area (Å²) in [7, 11) is 1.69. The first-order valence-corrected chi connectivity index (χ1v) is 3.75. The fourth-order valence-corrected chi connectivity index (χ4v) is 1.13. The maximum atomic E-state index is 10.7. The lowest BCUT2D eigenvalue weighted by Crippen LogP contribution is -2.04. The molecule has 1 rings (SSSR count). The predicted molar refractivity (Wildman–Crippen MR) is 50.8 cm³/mol. The van der Waals surface area contributed by atoms with Gasteiger partial charge in [-0.3, -0.25) is 0 Å². The molecule has 0 radical (unpaired) electrons. The largest absolute Gasteiger partial charge is 0.478 e. The summed E-state index contributed by atoms with van der Waals surface area (Å²) in [5.74, 6) is -1.02. The van der Waals surface area contributed by atoms with Gasteiger partial charge in [0.15, 0.2) is 0 Å². The number of carbonyl (C=O) groups is 1. The van der Waals surface area contributed by atoms with E-state index in [1.807, 2.05) is 0 Å². The van der Waals surface area contributed by atoms with Crippen molar-refractivity contribution in [3.8, 4) is 0 Å². The second kappa shape index (κ2) is 3.71. The summed E-state index contributed by atoms with van der Waals surface area (Å²) in [5, 5.41) is 18.7. The molecule has 3 N–H and O–H groups in total. The van der Waals surface area contributed by atoms with E-state index in [-0.39, 0.29) is 5.56 Å². The average molecular weight is 178 g/mol. The van der Waals surface area contributed by atoms with Gasteiger partial charge in [0, 0.05) is 24.5 Å². The Labute approximate surface area is 75.7 Å². The molecule has 13 heavy (non-hydrogen) atoms. The van der Waals surface area contributed by atoms with E-state index in [0.717, 1.165) is 6.21 Å². The first-order chi connectivity index (χ1) is 6.20. The number of carboxylic acids is 1. The number of hydrogen-bond donors (Lipinski definition) is 3. The van der Waals surface area contributed by atoms with Crippen LogP contribution in [0, 0.1) is 5.41 Å². The first-order valence-electron chi connectivity index (χ1n) is 3.75. The molecule has 0 atom stereocenters. The third-order valence-electron chi connectivity index (χ3n) is 1.75. The van der Waals surface area contributed by atoms with E-state index in [1.54, 1.807) is 19.2 Å². The van der Waals surface area contributed by atoms with Crippen LogP contribution in [0.1, 0.15) is 15.9 Å². The highest BCUT2D eigenvalue weighted by Gasteiger charge is 2.10. The van der Waals surface area contributed by atoms with Crippen molar-refractivity contribution < 1.29 is 9.90 Å². The molecular formula is C9H10N2O2. The molecular weight excluding hydrogens is 168 g/mol. The zero-order valence-electron chi connectivity index (χ0n) is 7.16. The fourth-order valence-electron chi connectivity index (χ4n) is 1.13. The lowest BCUT2D eigenvalue weighted by Gasteiger charge is -2.06. The summed E-state index contributed by atoms with van der Waals surface area (Å²) in [4.78, 5) is 10.7. The van der Waals surface area contributed by atoms with Crippen molar-refractivity contribution in [3.63, 3.8) is 0 Å². The van der Waals surface area contributed by atoms with Crippen LogP contribution in [0.4, 0.5) is 5.69 Å². The summed E-state index contributed by atoms with van der Waals surface area (Å²) in [6.45, 7) is 0. The maximum Gasteiger partial charge on any atom is 0.336 e. The quantitative estimate of drug-likeness (QED) is 0.613. The molecule has 0 spiro atoms. The molecule has 0 aliphatic carbocycles. The molecule has 0 saturated carbocycles. The number of aromatic carboxylic acids is 1. The van der Waals surface area contributed by atoms with Gasteiger partial charge >= 0.3 is 5.97 Å². The van der Waals surface area contributed by atoms with Crippen LogP contribution in [0.5, 0.6) is 0 Å². The molecule has 0 bridgehead atoms. The molecule has 68 valence electrons. The predicted octanol–water partition coefficient (Wildman–Crippen LogP) is 1.42. The van der Waals surface area contributed by atoms with Crippen LogP contribution >= 0.6 is 0 Å². The minimum Gasteiger partial charge on any atom is -0.478 e. The number of hydrogen-bond acceptors (Lipinski definition) is 3. The van der Waals surface area contributed by atoms with Crippen molar-refractivity contribution in [1.82, 2.24) is 0 Å². The second-order valence-corrected chi connectivity index (χ2v) is 2.47. The lowest BCUT2D eigenvalue weighted by molar-refractivity contribution is 0.0697. The van der Waals surface area contributed by atoms with Crippen LogP contribution in [-0.2, 0) is 0 Å². The second-order valence-electron chi connectivity index (χ2n) is 2.47. The van der Waals surface area contributed by atoms with Gasteiger partial charge < -0.3 is 15.8 Å². The minimum absolute atomic E-state index is 0.141. The van der Waals surface area contributed by atoms with Gasteiger partial charge in [-0.05, 0) is 12.1 Å². The Morgan fingerprint density at radius 1 is 1.62 bits per heavy atom. The van der Waals surface area contributed by atoms with Crippen molar-refractivity contribution >= 4 is 17.9 Å². The first kappa shape index (κ1) is 9.25. The number of benzene rings is 1. The Hall–Kier alpha value is -1.84. The van der Waals surface area contributed by atoms with Crippen LogP contribution in [0.25, 0.3) is 0 Å². The Balaban J connectivity index is 3.35. The number of carboxylic acid groups (broad SMARTS) is 1. The molecule has 0 amide bonds. The van der Waals surface area contributed by atoms with Crippen molar-refractivity contribution in [2.45, 2.75) is 0 Å². The molecule has 0 aliphatic rings. The molecule has 0 aliphatic heterocycles. The third kappa shape index (κ3) is 1.66. The Bertz CT molecular complexity index is 347. The Kier molecular flexibility index (Phi) is 2.64. The Morgan fingerprint density at radius 2 is 2.31 bits per heavy atom. The van der Waals surface area contributed by atoms with Gasteiger partial charge in [-0.2, -0.15) is 0 Å². The number of rotatable bonds is 3. The maximum absolute atomic E-state index is 10.7.